The molecule has 34 heavy (non-hydrogen) atoms. The summed E-state index contributed by atoms with van der Waals surface area (Å²) in [5.74, 6) is -0.362. The number of hydrogen-bond donors (Lipinski definition) is 1. The van der Waals surface area contributed by atoms with E-state index in [-0.39, 0.29) is 12.0 Å². The van der Waals surface area contributed by atoms with Crippen molar-refractivity contribution in [3.05, 3.63) is 62.9 Å². The molecule has 2 heterocycles. The molecule has 2 amide bonds. The number of halogens is 1. The number of benzene rings is 1. The predicted octanol–water partition coefficient (Wildman–Crippen LogP) is 5.89. The number of pyridine rings is 1. The van der Waals surface area contributed by atoms with Gasteiger partial charge in [0, 0.05) is 30.0 Å². The number of carbonyl (C=O) groups excluding carboxylic acids is 2. The molecule has 0 spiro atoms. The molecule has 1 aliphatic rings. The lowest BCUT2D eigenvalue weighted by atomic mass is 9.98. The normalized spacial score (nSPS) is 13.8. The maximum atomic E-state index is 12.8. The first-order valence-electron chi connectivity index (χ1n) is 11.1. The molecule has 1 fully saturated rings. The van der Waals surface area contributed by atoms with Gasteiger partial charge in [-0.1, -0.05) is 23.3 Å². The summed E-state index contributed by atoms with van der Waals surface area (Å²) in [4.78, 5) is 31.0. The molecule has 8 heteroatoms. The van der Waals surface area contributed by atoms with Gasteiger partial charge in [0.05, 0.1) is 16.8 Å². The van der Waals surface area contributed by atoms with Crippen LogP contribution in [0.3, 0.4) is 0 Å². The fraction of sp³-hybridized carbons (Fsp3) is 0.385. The molecule has 7 nitrogen and oxygen atoms in total. The SMILES string of the molecule is Cc1ncc(C(=O)Nc2cc(Cl)cc(C=C3CCN(C(=O)OC(C)(C)C)CC3)c2C)cc1C#N. The van der Waals surface area contributed by atoms with Crippen LogP contribution in [-0.4, -0.2) is 40.6 Å². The minimum Gasteiger partial charge on any atom is -0.444 e. The molecule has 0 aliphatic carbocycles. The van der Waals surface area contributed by atoms with E-state index < -0.39 is 5.60 Å². The Morgan fingerprint density at radius 1 is 1.21 bits per heavy atom. The maximum absolute atomic E-state index is 12.8. The number of nitriles is 1. The zero-order valence-corrected chi connectivity index (χ0v) is 20.9. The second-order valence-corrected chi connectivity index (χ2v) is 9.80. The first-order valence-corrected chi connectivity index (χ1v) is 11.5. The van der Waals surface area contributed by atoms with Gasteiger partial charge < -0.3 is 15.0 Å². The van der Waals surface area contributed by atoms with Crippen LogP contribution in [0.25, 0.3) is 6.08 Å². The third kappa shape index (κ3) is 6.36. The van der Waals surface area contributed by atoms with E-state index in [1.165, 1.54) is 17.8 Å². The third-order valence-electron chi connectivity index (χ3n) is 5.55. The van der Waals surface area contributed by atoms with Crippen molar-refractivity contribution < 1.29 is 14.3 Å². The van der Waals surface area contributed by atoms with E-state index in [0.717, 1.165) is 24.0 Å². The summed E-state index contributed by atoms with van der Waals surface area (Å²) >= 11 is 6.36. The van der Waals surface area contributed by atoms with Crippen LogP contribution in [0.1, 0.15) is 66.4 Å². The van der Waals surface area contributed by atoms with E-state index in [1.54, 1.807) is 17.9 Å². The van der Waals surface area contributed by atoms with E-state index in [1.807, 2.05) is 39.8 Å². The lowest BCUT2D eigenvalue weighted by Gasteiger charge is -2.31. The highest BCUT2D eigenvalue weighted by Gasteiger charge is 2.24. The number of likely N-dealkylation sites (tertiary alicyclic amines) is 1. The van der Waals surface area contributed by atoms with Gasteiger partial charge in [-0.05, 0) is 76.8 Å². The fourth-order valence-electron chi connectivity index (χ4n) is 3.61. The Hall–Kier alpha value is -3.37. The summed E-state index contributed by atoms with van der Waals surface area (Å²) in [6.07, 6.45) is 4.70. The summed E-state index contributed by atoms with van der Waals surface area (Å²) in [7, 11) is 0. The number of rotatable bonds is 3. The lowest BCUT2D eigenvalue weighted by molar-refractivity contribution is 0.0236. The number of piperidine rings is 1. The highest BCUT2D eigenvalue weighted by Crippen LogP contribution is 2.29. The molecular weight excluding hydrogens is 452 g/mol. The van der Waals surface area contributed by atoms with Gasteiger partial charge in [-0.15, -0.1) is 0 Å². The summed E-state index contributed by atoms with van der Waals surface area (Å²) < 4.78 is 5.46. The molecule has 2 aromatic rings. The smallest absolute Gasteiger partial charge is 0.410 e. The van der Waals surface area contributed by atoms with Gasteiger partial charge in [0.15, 0.2) is 0 Å². The van der Waals surface area contributed by atoms with E-state index >= 15 is 0 Å². The Bertz CT molecular complexity index is 1180. The van der Waals surface area contributed by atoms with Gasteiger partial charge in [0.2, 0.25) is 0 Å². The molecule has 1 N–H and O–H groups in total. The van der Waals surface area contributed by atoms with Crippen molar-refractivity contribution in [2.45, 2.75) is 53.1 Å². The van der Waals surface area contributed by atoms with E-state index in [2.05, 4.69) is 16.4 Å². The second kappa shape index (κ2) is 10.3. The van der Waals surface area contributed by atoms with Crippen molar-refractivity contribution >= 4 is 35.4 Å². The average Bonchev–Trinajstić information content (AvgIpc) is 2.76. The number of aromatic nitrogens is 1. The van der Waals surface area contributed by atoms with Gasteiger partial charge in [-0.2, -0.15) is 5.26 Å². The van der Waals surface area contributed by atoms with Crippen LogP contribution in [0.15, 0.2) is 30.0 Å². The average molecular weight is 481 g/mol. The minimum atomic E-state index is -0.517. The summed E-state index contributed by atoms with van der Waals surface area (Å²) in [6, 6.07) is 7.14. The lowest BCUT2D eigenvalue weighted by Crippen LogP contribution is -2.40. The zero-order chi connectivity index (χ0) is 25.0. The number of hydrogen-bond acceptors (Lipinski definition) is 5. The quantitative estimate of drug-likeness (QED) is 0.590. The number of carbonyl (C=O) groups is 2. The van der Waals surface area contributed by atoms with Crippen LogP contribution >= 0.6 is 11.6 Å². The van der Waals surface area contributed by atoms with Crippen molar-refractivity contribution in [3.8, 4) is 6.07 Å². The minimum absolute atomic E-state index is 0.291. The van der Waals surface area contributed by atoms with Crippen LogP contribution < -0.4 is 5.32 Å². The molecule has 0 unspecified atom stereocenters. The van der Waals surface area contributed by atoms with Gasteiger partial charge in [-0.3, -0.25) is 9.78 Å². The Balaban J connectivity index is 1.75. The molecule has 0 atom stereocenters. The van der Waals surface area contributed by atoms with Gasteiger partial charge in [0.1, 0.15) is 11.7 Å². The van der Waals surface area contributed by atoms with E-state index in [4.69, 9.17) is 16.3 Å². The molecule has 1 aliphatic heterocycles. The number of amides is 2. The third-order valence-corrected chi connectivity index (χ3v) is 5.77. The molecule has 0 radical (unpaired) electrons. The first kappa shape index (κ1) is 25.3. The molecule has 3 rings (SSSR count). The van der Waals surface area contributed by atoms with Crippen molar-refractivity contribution in [2.75, 3.05) is 18.4 Å². The van der Waals surface area contributed by atoms with Crippen LogP contribution in [0.5, 0.6) is 0 Å². The summed E-state index contributed by atoms with van der Waals surface area (Å²) in [5.41, 5.74) is 4.29. The highest BCUT2D eigenvalue weighted by atomic mass is 35.5. The second-order valence-electron chi connectivity index (χ2n) is 9.36. The predicted molar refractivity (Wildman–Crippen MR) is 133 cm³/mol. The van der Waals surface area contributed by atoms with Crippen molar-refractivity contribution in [1.82, 2.24) is 9.88 Å². The monoisotopic (exact) mass is 480 g/mol. The van der Waals surface area contributed by atoms with Gasteiger partial charge in [-0.25, -0.2) is 4.79 Å². The molecule has 1 aromatic carbocycles. The fourth-order valence-corrected chi connectivity index (χ4v) is 3.84. The number of anilines is 1. The molecule has 1 saturated heterocycles. The van der Waals surface area contributed by atoms with Crippen LogP contribution in [0.4, 0.5) is 10.5 Å². The van der Waals surface area contributed by atoms with Gasteiger partial charge >= 0.3 is 6.09 Å². The van der Waals surface area contributed by atoms with Crippen LogP contribution in [0.2, 0.25) is 5.02 Å². The van der Waals surface area contributed by atoms with Crippen molar-refractivity contribution in [3.63, 3.8) is 0 Å². The van der Waals surface area contributed by atoms with Crippen molar-refractivity contribution in [1.29, 1.82) is 5.26 Å². The van der Waals surface area contributed by atoms with Crippen LogP contribution in [-0.2, 0) is 4.74 Å². The number of nitrogens with one attached hydrogen (secondary N) is 1. The standard InChI is InChI=1S/C26H29ClN4O3/c1-16-19(10-18-6-8-31(9-7-18)25(33)34-26(3,4)5)12-22(27)13-23(16)30-24(32)21-11-20(14-28)17(2)29-15-21/h10-13,15H,6-9H2,1-5H3,(H,30,32). The Labute approximate surface area is 205 Å². The number of nitrogens with zero attached hydrogens (tertiary/aromatic N) is 3. The maximum Gasteiger partial charge on any atom is 0.410 e. The summed E-state index contributed by atoms with van der Waals surface area (Å²) in [5, 5.41) is 12.6. The van der Waals surface area contributed by atoms with Gasteiger partial charge in [0.25, 0.3) is 5.91 Å². The number of aryl methyl sites for hydroxylation is 1. The molecular formula is C26H29ClN4O3. The highest BCUT2D eigenvalue weighted by molar-refractivity contribution is 6.31. The molecule has 178 valence electrons. The van der Waals surface area contributed by atoms with Crippen molar-refractivity contribution in [2.24, 2.45) is 0 Å². The zero-order valence-electron chi connectivity index (χ0n) is 20.2. The Kier molecular flexibility index (Phi) is 7.63. The topological polar surface area (TPSA) is 95.3 Å². The van der Waals surface area contributed by atoms with E-state index in [0.29, 0.717) is 40.6 Å². The largest absolute Gasteiger partial charge is 0.444 e. The molecule has 1 aromatic heterocycles. The molecule has 0 saturated carbocycles. The molecule has 0 bridgehead atoms. The number of ether oxygens (including phenoxy) is 1. The summed E-state index contributed by atoms with van der Waals surface area (Å²) in [6.45, 7) is 10.4. The Morgan fingerprint density at radius 3 is 2.50 bits per heavy atom. The van der Waals surface area contributed by atoms with E-state index in [9.17, 15) is 14.9 Å². The van der Waals surface area contributed by atoms with Crippen LogP contribution in [0, 0.1) is 25.2 Å². The Morgan fingerprint density at radius 2 is 1.88 bits per heavy atom. The first-order chi connectivity index (χ1) is 16.0.